The molecule has 2 N–H and O–H groups in total. The van der Waals surface area contributed by atoms with Gasteiger partial charge in [0.1, 0.15) is 6.04 Å². The van der Waals surface area contributed by atoms with Gasteiger partial charge in [0.05, 0.1) is 0 Å². The van der Waals surface area contributed by atoms with Crippen molar-refractivity contribution >= 4 is 22.8 Å². The molecule has 1 aliphatic heterocycles. The monoisotopic (exact) mass is 248 g/mol. The number of hydrogen-bond donors (Lipinski definition) is 2. The second-order valence-electron chi connectivity index (χ2n) is 3.58. The minimum Gasteiger partial charge on any atom is -0.480 e. The predicted molar refractivity (Wildman–Crippen MR) is 59.7 cm³/mol. The van der Waals surface area contributed by atoms with Crippen molar-refractivity contribution < 1.29 is 18.9 Å². The second-order valence-corrected chi connectivity index (χ2v) is 5.28. The molecule has 0 radical (unpaired) electrons. The summed E-state index contributed by atoms with van der Waals surface area (Å²) in [7, 11) is -0.839. The molecule has 1 heterocycles. The third-order valence-electron chi connectivity index (χ3n) is 2.47. The Hall–Kier alpha value is -1.11. The molecule has 0 aromatic heterocycles. The normalized spacial score (nSPS) is 19.2. The van der Waals surface area contributed by atoms with Crippen molar-refractivity contribution in [2.75, 3.05) is 24.6 Å². The highest BCUT2D eigenvalue weighted by molar-refractivity contribution is 7.85. The lowest BCUT2D eigenvalue weighted by Gasteiger charge is -2.27. The summed E-state index contributed by atoms with van der Waals surface area (Å²) in [4.78, 5) is 23.9. The molecule has 1 fully saturated rings. The fraction of sp³-hybridized carbons (Fsp3) is 0.778. The molecule has 1 atom stereocenters. The zero-order chi connectivity index (χ0) is 12.1. The van der Waals surface area contributed by atoms with Crippen LogP contribution >= 0.6 is 0 Å². The molecule has 2 amide bonds. The van der Waals surface area contributed by atoms with Crippen LogP contribution in [0, 0.1) is 0 Å². The Morgan fingerprint density at radius 3 is 2.44 bits per heavy atom. The van der Waals surface area contributed by atoms with Gasteiger partial charge in [-0.25, -0.2) is 9.59 Å². The Bertz CT molecular complexity index is 298. The molecule has 1 rings (SSSR count). The van der Waals surface area contributed by atoms with Gasteiger partial charge in [-0.15, -0.1) is 0 Å². The Balaban J connectivity index is 2.45. The van der Waals surface area contributed by atoms with Crippen LogP contribution in [-0.4, -0.2) is 56.9 Å². The summed E-state index contributed by atoms with van der Waals surface area (Å²) in [5.74, 6) is -0.0920. The van der Waals surface area contributed by atoms with Gasteiger partial charge >= 0.3 is 12.0 Å². The first-order chi connectivity index (χ1) is 7.54. The molecule has 6 nitrogen and oxygen atoms in total. The van der Waals surface area contributed by atoms with Crippen LogP contribution in [0.1, 0.15) is 13.3 Å². The lowest BCUT2D eigenvalue weighted by Crippen LogP contribution is -2.51. The van der Waals surface area contributed by atoms with Crippen LogP contribution < -0.4 is 5.32 Å². The lowest BCUT2D eigenvalue weighted by molar-refractivity contribution is -0.139. The van der Waals surface area contributed by atoms with Gasteiger partial charge < -0.3 is 15.3 Å². The van der Waals surface area contributed by atoms with E-state index in [1.807, 2.05) is 0 Å². The standard InChI is InChI=1S/C9H16N2O4S/c1-2-7(8(12)13)10-9(14)11-3-5-16(15)6-4-11/h7H,2-6H2,1H3,(H,10,14)(H,12,13)/t7-/m1/s1. The average molecular weight is 248 g/mol. The lowest BCUT2D eigenvalue weighted by atomic mass is 10.2. The van der Waals surface area contributed by atoms with E-state index in [9.17, 15) is 13.8 Å². The number of carbonyl (C=O) groups excluding carboxylic acids is 1. The van der Waals surface area contributed by atoms with E-state index in [0.29, 0.717) is 31.0 Å². The molecule has 92 valence electrons. The number of amides is 2. The number of nitrogens with one attached hydrogen (secondary N) is 1. The first kappa shape index (κ1) is 13.0. The van der Waals surface area contributed by atoms with E-state index < -0.39 is 22.8 Å². The minimum atomic E-state index is -1.03. The zero-order valence-corrected chi connectivity index (χ0v) is 9.96. The molecular formula is C9H16N2O4S. The van der Waals surface area contributed by atoms with Gasteiger partial charge in [-0.3, -0.25) is 4.21 Å². The van der Waals surface area contributed by atoms with Crippen LogP contribution in [0.3, 0.4) is 0 Å². The highest BCUT2D eigenvalue weighted by Gasteiger charge is 2.24. The molecule has 1 saturated heterocycles. The number of carboxylic acid groups (broad SMARTS) is 1. The number of aliphatic carboxylic acids is 1. The first-order valence-corrected chi connectivity index (χ1v) is 6.66. The van der Waals surface area contributed by atoms with Crippen LogP contribution in [0.25, 0.3) is 0 Å². The summed E-state index contributed by atoms with van der Waals surface area (Å²) in [6, 6.07) is -1.23. The summed E-state index contributed by atoms with van der Waals surface area (Å²) < 4.78 is 11.1. The van der Waals surface area contributed by atoms with E-state index in [2.05, 4.69) is 5.32 Å². The maximum atomic E-state index is 11.6. The van der Waals surface area contributed by atoms with Crippen molar-refractivity contribution in [3.05, 3.63) is 0 Å². The van der Waals surface area contributed by atoms with Gasteiger partial charge in [0.15, 0.2) is 0 Å². The number of nitrogens with zero attached hydrogens (tertiary/aromatic N) is 1. The fourth-order valence-corrected chi connectivity index (χ4v) is 2.47. The number of hydrogen-bond acceptors (Lipinski definition) is 3. The summed E-state index contributed by atoms with van der Waals surface area (Å²) >= 11 is 0. The molecule has 1 aliphatic rings. The summed E-state index contributed by atoms with van der Waals surface area (Å²) in [5, 5.41) is 11.2. The van der Waals surface area contributed by atoms with Crippen molar-refractivity contribution in [3.8, 4) is 0 Å². The molecule has 0 unspecified atom stereocenters. The molecule has 16 heavy (non-hydrogen) atoms. The molecule has 0 aliphatic carbocycles. The van der Waals surface area contributed by atoms with Gasteiger partial charge in [0, 0.05) is 35.4 Å². The average Bonchev–Trinajstić information content (AvgIpc) is 2.26. The van der Waals surface area contributed by atoms with Gasteiger partial charge in [-0.2, -0.15) is 0 Å². The van der Waals surface area contributed by atoms with Crippen LogP contribution in [0.4, 0.5) is 4.79 Å². The maximum absolute atomic E-state index is 11.6. The molecule has 0 spiro atoms. The Labute approximate surface area is 96.5 Å². The number of carbonyl (C=O) groups is 2. The summed E-state index contributed by atoms with van der Waals surface area (Å²) in [5.41, 5.74) is 0. The van der Waals surface area contributed by atoms with E-state index in [1.165, 1.54) is 4.90 Å². The Morgan fingerprint density at radius 2 is 2.00 bits per heavy atom. The molecular weight excluding hydrogens is 232 g/mol. The van der Waals surface area contributed by atoms with Crippen LogP contribution in [0.5, 0.6) is 0 Å². The van der Waals surface area contributed by atoms with Crippen LogP contribution in [-0.2, 0) is 15.6 Å². The van der Waals surface area contributed by atoms with Crippen molar-refractivity contribution in [3.63, 3.8) is 0 Å². The van der Waals surface area contributed by atoms with E-state index >= 15 is 0 Å². The van der Waals surface area contributed by atoms with Gasteiger partial charge in [0.25, 0.3) is 0 Å². The van der Waals surface area contributed by atoms with E-state index in [1.54, 1.807) is 6.92 Å². The topological polar surface area (TPSA) is 86.7 Å². The van der Waals surface area contributed by atoms with E-state index in [-0.39, 0.29) is 6.03 Å². The fourth-order valence-electron chi connectivity index (χ4n) is 1.42. The van der Waals surface area contributed by atoms with Gasteiger partial charge in [-0.1, -0.05) is 6.92 Å². The Kier molecular flexibility index (Phi) is 4.72. The SMILES string of the molecule is CC[C@@H](NC(=O)N1CCS(=O)CC1)C(=O)O. The molecule has 0 bridgehead atoms. The van der Waals surface area contributed by atoms with Crippen molar-refractivity contribution in [1.29, 1.82) is 0 Å². The van der Waals surface area contributed by atoms with E-state index in [4.69, 9.17) is 5.11 Å². The summed E-state index contributed by atoms with van der Waals surface area (Å²) in [6.07, 6.45) is 0.348. The van der Waals surface area contributed by atoms with Crippen molar-refractivity contribution in [1.82, 2.24) is 10.2 Å². The Morgan fingerprint density at radius 1 is 1.44 bits per heavy atom. The predicted octanol–water partition coefficient (Wildman–Crippen LogP) is -0.376. The smallest absolute Gasteiger partial charge is 0.326 e. The highest BCUT2D eigenvalue weighted by atomic mass is 32.2. The number of rotatable bonds is 3. The first-order valence-electron chi connectivity index (χ1n) is 5.17. The molecule has 0 saturated carbocycles. The highest BCUT2D eigenvalue weighted by Crippen LogP contribution is 2.01. The second kappa shape index (κ2) is 5.83. The van der Waals surface area contributed by atoms with Gasteiger partial charge in [-0.05, 0) is 6.42 Å². The third kappa shape index (κ3) is 3.48. The largest absolute Gasteiger partial charge is 0.480 e. The maximum Gasteiger partial charge on any atom is 0.326 e. The molecule has 0 aromatic rings. The quantitative estimate of drug-likeness (QED) is 0.713. The molecule has 7 heteroatoms. The summed E-state index contributed by atoms with van der Waals surface area (Å²) in [6.45, 7) is 2.55. The molecule has 0 aromatic carbocycles. The van der Waals surface area contributed by atoms with Crippen molar-refractivity contribution in [2.24, 2.45) is 0 Å². The zero-order valence-electron chi connectivity index (χ0n) is 9.14. The van der Waals surface area contributed by atoms with Crippen LogP contribution in [0.2, 0.25) is 0 Å². The van der Waals surface area contributed by atoms with E-state index in [0.717, 1.165) is 0 Å². The third-order valence-corrected chi connectivity index (χ3v) is 3.74. The van der Waals surface area contributed by atoms with Crippen LogP contribution in [0.15, 0.2) is 0 Å². The van der Waals surface area contributed by atoms with Gasteiger partial charge in [0.2, 0.25) is 0 Å². The minimum absolute atomic E-state index is 0.348. The number of urea groups is 1. The number of carboxylic acids is 1. The van der Waals surface area contributed by atoms with Crippen molar-refractivity contribution in [2.45, 2.75) is 19.4 Å².